The van der Waals surface area contributed by atoms with Crippen LogP contribution in [-0.4, -0.2) is 54.9 Å². The number of piperazine rings is 1. The Kier molecular flexibility index (Phi) is 5.71. The average molecular weight is 398 g/mol. The summed E-state index contributed by atoms with van der Waals surface area (Å²) >= 11 is 0.994. The van der Waals surface area contributed by atoms with Gasteiger partial charge in [0.2, 0.25) is 0 Å². The maximum absolute atomic E-state index is 13.8. The smallest absolute Gasteiger partial charge is 0.308 e. The van der Waals surface area contributed by atoms with E-state index in [-0.39, 0.29) is 16.4 Å². The third kappa shape index (κ3) is 4.29. The molecule has 1 fully saturated rings. The molecule has 0 atom stereocenters. The van der Waals surface area contributed by atoms with Crippen LogP contribution in [-0.2, 0) is 27.8 Å². The number of hydrogen-bond acceptors (Lipinski definition) is 5. The lowest BCUT2D eigenvalue weighted by Crippen LogP contribution is -2.48. The minimum atomic E-state index is -3.62. The SMILES string of the molecule is O=C(O)Cc1ccc(S(=O)(=O)N2CCN(Cc3ccccc3F)CC2)s1. The highest BCUT2D eigenvalue weighted by Gasteiger charge is 2.30. The summed E-state index contributed by atoms with van der Waals surface area (Å²) in [7, 11) is -3.62. The Hall–Kier alpha value is -1.81. The van der Waals surface area contributed by atoms with Gasteiger partial charge in [-0.1, -0.05) is 18.2 Å². The summed E-state index contributed by atoms with van der Waals surface area (Å²) in [5, 5.41) is 8.81. The highest BCUT2D eigenvalue weighted by atomic mass is 32.2. The fourth-order valence-corrected chi connectivity index (χ4v) is 5.79. The van der Waals surface area contributed by atoms with Gasteiger partial charge in [-0.05, 0) is 18.2 Å². The average Bonchev–Trinajstić information content (AvgIpc) is 3.06. The van der Waals surface area contributed by atoms with E-state index in [9.17, 15) is 17.6 Å². The normalized spacial score (nSPS) is 16.7. The van der Waals surface area contributed by atoms with Crippen molar-refractivity contribution in [3.63, 3.8) is 0 Å². The first-order valence-electron chi connectivity index (χ1n) is 8.12. The molecule has 1 aliphatic rings. The van der Waals surface area contributed by atoms with Crippen molar-refractivity contribution in [1.82, 2.24) is 9.21 Å². The second-order valence-corrected chi connectivity index (χ2v) is 9.40. The maximum Gasteiger partial charge on any atom is 0.308 e. The number of nitrogens with zero attached hydrogens (tertiary/aromatic N) is 2. The summed E-state index contributed by atoms with van der Waals surface area (Å²) in [5.41, 5.74) is 0.598. The van der Waals surface area contributed by atoms with E-state index in [2.05, 4.69) is 0 Å². The molecule has 9 heteroatoms. The molecule has 0 saturated carbocycles. The quantitative estimate of drug-likeness (QED) is 0.806. The highest BCUT2D eigenvalue weighted by Crippen LogP contribution is 2.26. The largest absolute Gasteiger partial charge is 0.481 e. The van der Waals surface area contributed by atoms with Gasteiger partial charge in [-0.15, -0.1) is 11.3 Å². The van der Waals surface area contributed by atoms with Gasteiger partial charge in [-0.3, -0.25) is 9.69 Å². The highest BCUT2D eigenvalue weighted by molar-refractivity contribution is 7.91. The van der Waals surface area contributed by atoms with Gasteiger partial charge in [-0.2, -0.15) is 4.31 Å². The summed E-state index contributed by atoms with van der Waals surface area (Å²) < 4.78 is 40.8. The minimum absolute atomic E-state index is 0.163. The number of thiophene rings is 1. The second kappa shape index (κ2) is 7.83. The van der Waals surface area contributed by atoms with Gasteiger partial charge in [0.15, 0.2) is 0 Å². The molecule has 26 heavy (non-hydrogen) atoms. The zero-order valence-corrected chi connectivity index (χ0v) is 15.6. The first-order valence-corrected chi connectivity index (χ1v) is 10.4. The number of rotatable bonds is 6. The van der Waals surface area contributed by atoms with Crippen molar-refractivity contribution >= 4 is 27.3 Å². The number of sulfonamides is 1. The summed E-state index contributed by atoms with van der Waals surface area (Å²) in [6, 6.07) is 9.58. The fraction of sp³-hybridized carbons (Fsp3) is 0.353. The lowest BCUT2D eigenvalue weighted by molar-refractivity contribution is -0.136. The number of halogens is 1. The predicted molar refractivity (Wildman–Crippen MR) is 96.1 cm³/mol. The van der Waals surface area contributed by atoms with Crippen molar-refractivity contribution in [3.05, 3.63) is 52.7 Å². The number of carbonyl (C=O) groups is 1. The van der Waals surface area contributed by atoms with E-state index in [1.54, 1.807) is 24.3 Å². The van der Waals surface area contributed by atoms with E-state index in [4.69, 9.17) is 5.11 Å². The number of carboxylic acid groups (broad SMARTS) is 1. The zero-order chi connectivity index (χ0) is 18.7. The Labute approximate surface area is 155 Å². The van der Waals surface area contributed by atoms with Gasteiger partial charge in [0.1, 0.15) is 10.0 Å². The van der Waals surface area contributed by atoms with Crippen molar-refractivity contribution in [2.24, 2.45) is 0 Å². The molecule has 1 saturated heterocycles. The molecule has 1 N–H and O–H groups in total. The van der Waals surface area contributed by atoms with Gasteiger partial charge < -0.3 is 5.11 Å². The standard InChI is InChI=1S/C17H19FN2O4S2/c18-15-4-2-1-3-13(15)12-19-7-9-20(10-8-19)26(23,24)17-6-5-14(25-17)11-16(21)22/h1-6H,7-12H2,(H,21,22). The van der Waals surface area contributed by atoms with Crippen LogP contribution in [0.2, 0.25) is 0 Å². The van der Waals surface area contributed by atoms with Crippen molar-refractivity contribution in [3.8, 4) is 0 Å². The first-order chi connectivity index (χ1) is 12.4. The maximum atomic E-state index is 13.8. The van der Waals surface area contributed by atoms with Crippen LogP contribution in [0.4, 0.5) is 4.39 Å². The fourth-order valence-electron chi connectivity index (χ4n) is 2.86. The second-order valence-electron chi connectivity index (χ2n) is 6.06. The number of benzene rings is 1. The topological polar surface area (TPSA) is 77.9 Å². The van der Waals surface area contributed by atoms with Crippen LogP contribution in [0.15, 0.2) is 40.6 Å². The summed E-state index contributed by atoms with van der Waals surface area (Å²) in [6.45, 7) is 2.12. The Morgan fingerprint density at radius 3 is 2.46 bits per heavy atom. The molecule has 3 rings (SSSR count). The van der Waals surface area contributed by atoms with E-state index in [1.807, 2.05) is 4.90 Å². The van der Waals surface area contributed by atoms with Crippen LogP contribution in [0.5, 0.6) is 0 Å². The summed E-state index contributed by atoms with van der Waals surface area (Å²) in [4.78, 5) is 13.3. The van der Waals surface area contributed by atoms with Crippen LogP contribution in [0.1, 0.15) is 10.4 Å². The molecule has 0 radical (unpaired) electrons. The third-order valence-corrected chi connectivity index (χ3v) is 7.69. The van der Waals surface area contributed by atoms with Crippen LogP contribution in [0.25, 0.3) is 0 Å². The Balaban J connectivity index is 1.62. The van der Waals surface area contributed by atoms with E-state index >= 15 is 0 Å². The molecule has 0 aliphatic carbocycles. The first kappa shape index (κ1) is 19.0. The molecular weight excluding hydrogens is 379 g/mol. The number of carboxylic acids is 1. The number of aliphatic carboxylic acids is 1. The van der Waals surface area contributed by atoms with Crippen molar-refractivity contribution in [2.75, 3.05) is 26.2 Å². The van der Waals surface area contributed by atoms with E-state index in [0.717, 1.165) is 11.3 Å². The van der Waals surface area contributed by atoms with Crippen molar-refractivity contribution in [2.45, 2.75) is 17.2 Å². The Morgan fingerprint density at radius 2 is 1.81 bits per heavy atom. The molecule has 140 valence electrons. The van der Waals surface area contributed by atoms with Gasteiger partial charge in [0.25, 0.3) is 10.0 Å². The molecule has 0 amide bonds. The van der Waals surface area contributed by atoms with E-state index in [1.165, 1.54) is 16.4 Å². The van der Waals surface area contributed by atoms with Gasteiger partial charge in [0, 0.05) is 43.2 Å². The summed E-state index contributed by atoms with van der Waals surface area (Å²) in [5.74, 6) is -1.25. The molecule has 1 aliphatic heterocycles. The molecule has 0 bridgehead atoms. The Morgan fingerprint density at radius 1 is 1.12 bits per heavy atom. The molecule has 6 nitrogen and oxygen atoms in total. The molecule has 2 heterocycles. The molecule has 1 aromatic carbocycles. The summed E-state index contributed by atoms with van der Waals surface area (Å²) in [6.07, 6.45) is -0.184. The van der Waals surface area contributed by atoms with Crippen molar-refractivity contribution in [1.29, 1.82) is 0 Å². The third-order valence-electron chi connectivity index (χ3n) is 4.24. The molecule has 1 aromatic heterocycles. The van der Waals surface area contributed by atoms with Crippen LogP contribution in [0.3, 0.4) is 0 Å². The molecule has 2 aromatic rings. The zero-order valence-electron chi connectivity index (χ0n) is 14.0. The van der Waals surface area contributed by atoms with E-state index in [0.29, 0.717) is 43.2 Å². The monoisotopic (exact) mass is 398 g/mol. The van der Waals surface area contributed by atoms with Crippen molar-refractivity contribution < 1.29 is 22.7 Å². The molecular formula is C17H19FN2O4S2. The van der Waals surface area contributed by atoms with Gasteiger partial charge >= 0.3 is 5.97 Å². The lowest BCUT2D eigenvalue weighted by atomic mass is 10.2. The molecule has 0 unspecified atom stereocenters. The minimum Gasteiger partial charge on any atom is -0.481 e. The van der Waals surface area contributed by atoms with E-state index < -0.39 is 16.0 Å². The lowest BCUT2D eigenvalue weighted by Gasteiger charge is -2.33. The van der Waals surface area contributed by atoms with Crippen LogP contribution in [0, 0.1) is 5.82 Å². The number of hydrogen-bond donors (Lipinski definition) is 1. The van der Waals surface area contributed by atoms with Crippen LogP contribution >= 0.6 is 11.3 Å². The Bertz CT molecular complexity index is 890. The molecule has 0 spiro atoms. The van der Waals surface area contributed by atoms with Gasteiger partial charge in [0.05, 0.1) is 6.42 Å². The van der Waals surface area contributed by atoms with Crippen LogP contribution < -0.4 is 0 Å². The van der Waals surface area contributed by atoms with Gasteiger partial charge in [-0.25, -0.2) is 12.8 Å². The predicted octanol–water partition coefficient (Wildman–Crippen LogP) is 2.02.